The van der Waals surface area contributed by atoms with Gasteiger partial charge in [-0.3, -0.25) is 0 Å². The lowest BCUT2D eigenvalue weighted by Crippen LogP contribution is -2.10. The van der Waals surface area contributed by atoms with Gasteiger partial charge in [-0.15, -0.1) is 0 Å². The summed E-state index contributed by atoms with van der Waals surface area (Å²) in [7, 11) is 0. The molecule has 0 aliphatic heterocycles. The summed E-state index contributed by atoms with van der Waals surface area (Å²) in [6.45, 7) is 50.8. The second-order valence-corrected chi connectivity index (χ2v) is 19.8. The first-order valence-corrected chi connectivity index (χ1v) is 25.8. The van der Waals surface area contributed by atoms with E-state index >= 15 is 13.2 Å². The first kappa shape index (κ1) is 52.7. The molecule has 0 unspecified atom stereocenters. The van der Waals surface area contributed by atoms with E-state index in [1.54, 1.807) is 78.2 Å². The van der Waals surface area contributed by atoms with Crippen LogP contribution in [0.4, 0.5) is 47.3 Å². The lowest BCUT2D eigenvalue weighted by molar-refractivity contribution is -0.137. The van der Waals surface area contributed by atoms with E-state index in [-0.39, 0.29) is 78.9 Å². The Labute approximate surface area is 484 Å². The summed E-state index contributed by atoms with van der Waals surface area (Å²) < 4.78 is 51.0. The topological polar surface area (TPSA) is 107 Å². The van der Waals surface area contributed by atoms with Crippen molar-refractivity contribution in [3.63, 3.8) is 0 Å². The molecule has 12 aromatic rings. The maximum absolute atomic E-state index is 15.8. The highest BCUT2D eigenvalue weighted by atomic mass is 19.4. The number of nitriles is 3. The van der Waals surface area contributed by atoms with E-state index in [2.05, 4.69) is 47.3 Å². The summed E-state index contributed by atoms with van der Waals surface area (Å²) in [6, 6.07) is 54.8. The summed E-state index contributed by atoms with van der Waals surface area (Å²) in [4.78, 5) is 22.8. The minimum Gasteiger partial charge on any atom is -0.319 e. The van der Waals surface area contributed by atoms with E-state index in [1.807, 2.05) is 77.4 Å². The van der Waals surface area contributed by atoms with E-state index in [0.29, 0.717) is 88.1 Å². The largest absolute Gasteiger partial charge is 0.417 e. The number of rotatable bonds is 7. The fraction of sp³-hybridized carbons (Fsp3) is 0.0282. The van der Waals surface area contributed by atoms with Crippen LogP contribution in [0.2, 0.25) is 0 Å². The molecule has 0 saturated heterocycles. The molecule has 12 rings (SSSR count). The van der Waals surface area contributed by atoms with Gasteiger partial charge in [0.2, 0.25) is 5.69 Å². The van der Waals surface area contributed by atoms with E-state index in [9.17, 15) is 22.4 Å². The van der Waals surface area contributed by atoms with Crippen LogP contribution in [0.25, 0.3) is 140 Å². The van der Waals surface area contributed by atoms with Gasteiger partial charge in [-0.25, -0.2) is 29.1 Å². The van der Waals surface area contributed by atoms with Crippen LogP contribution in [0.1, 0.15) is 27.8 Å². The Morgan fingerprint density at radius 3 is 1.29 bits per heavy atom. The normalized spacial score (nSPS) is 11.0. The highest BCUT2D eigenvalue weighted by molar-refractivity contribution is 6.15. The Morgan fingerprint density at radius 2 is 0.847 bits per heavy atom. The van der Waals surface area contributed by atoms with E-state index in [4.69, 9.17) is 32.9 Å². The van der Waals surface area contributed by atoms with E-state index < -0.39 is 11.7 Å². The minimum absolute atomic E-state index is 0.0400. The lowest BCUT2D eigenvalue weighted by Gasteiger charge is -2.23. The number of aryl methyl sites for hydroxylation is 1. The average Bonchev–Trinajstić information content (AvgIpc) is 1.85. The van der Waals surface area contributed by atoms with Crippen LogP contribution in [0, 0.1) is 80.3 Å². The third-order valence-electron chi connectivity index (χ3n) is 15.3. The molecule has 10 aromatic carbocycles. The van der Waals surface area contributed by atoms with Crippen molar-refractivity contribution in [2.75, 3.05) is 0 Å². The van der Waals surface area contributed by atoms with Crippen LogP contribution in [0.3, 0.4) is 0 Å². The highest BCUT2D eigenvalue weighted by Gasteiger charge is 2.36. The van der Waals surface area contributed by atoms with Gasteiger partial charge in [0.1, 0.15) is 0 Å². The number of nitrogens with zero attached hydrogens (tertiary/aromatic N) is 11. The van der Waals surface area contributed by atoms with Crippen LogP contribution in [0.15, 0.2) is 176 Å². The molecule has 0 amide bonds. The summed E-state index contributed by atoms with van der Waals surface area (Å²) in [5.41, 5.74) is 7.28. The average molecular weight is 1100 g/mol. The first-order chi connectivity index (χ1) is 41.3. The second-order valence-electron chi connectivity index (χ2n) is 19.8. The molecule has 2 aromatic heterocycles. The molecule has 392 valence electrons. The molecular formula is C71H32F3N11. The van der Waals surface area contributed by atoms with Crippen molar-refractivity contribution in [1.82, 2.24) is 9.13 Å². The quantitative estimate of drug-likeness (QED) is 0.148. The maximum Gasteiger partial charge on any atom is 0.417 e. The smallest absolute Gasteiger partial charge is 0.319 e. The Hall–Kier alpha value is -13.0. The van der Waals surface area contributed by atoms with Gasteiger partial charge >= 0.3 is 6.18 Å². The van der Waals surface area contributed by atoms with Crippen LogP contribution in [0.5, 0.6) is 0 Å². The molecule has 85 heavy (non-hydrogen) atoms. The zero-order valence-corrected chi connectivity index (χ0v) is 44.3. The Bertz CT molecular complexity index is 5120. The van der Waals surface area contributed by atoms with Gasteiger partial charge in [0.15, 0.2) is 28.4 Å². The number of hydrogen-bond acceptors (Lipinski definition) is 3. The van der Waals surface area contributed by atoms with Gasteiger partial charge in [-0.2, -0.15) is 29.0 Å². The van der Waals surface area contributed by atoms with Crippen LogP contribution in [-0.2, 0) is 6.18 Å². The first-order valence-electron chi connectivity index (χ1n) is 25.8. The zero-order chi connectivity index (χ0) is 59.4. The summed E-state index contributed by atoms with van der Waals surface area (Å²) in [6.07, 6.45) is -4.89. The molecule has 0 aliphatic carbocycles. The van der Waals surface area contributed by atoms with Crippen molar-refractivity contribution in [2.24, 2.45) is 0 Å². The molecular weight excluding hydrogens is 1060 g/mol. The molecule has 11 nitrogen and oxygen atoms in total. The van der Waals surface area contributed by atoms with Crippen molar-refractivity contribution >= 4 is 77.7 Å². The third-order valence-corrected chi connectivity index (χ3v) is 15.3. The number of alkyl halides is 3. The third kappa shape index (κ3) is 8.62. The fourth-order valence-electron chi connectivity index (χ4n) is 11.5. The number of aromatic nitrogens is 2. The molecule has 0 fully saturated rings. The van der Waals surface area contributed by atoms with Gasteiger partial charge in [0.05, 0.1) is 96.6 Å². The Balaban J connectivity index is 1.28. The molecule has 14 heteroatoms. The summed E-state index contributed by atoms with van der Waals surface area (Å²) >= 11 is 0. The lowest BCUT2D eigenvalue weighted by atomic mass is 9.92. The Morgan fingerprint density at radius 1 is 0.412 bits per heavy atom. The van der Waals surface area contributed by atoms with Crippen LogP contribution < -0.4 is 0 Å². The molecule has 0 atom stereocenters. The predicted octanol–water partition coefficient (Wildman–Crippen LogP) is 20.5. The molecule has 0 spiro atoms. The molecule has 2 heterocycles. The maximum atomic E-state index is 15.8. The van der Waals surface area contributed by atoms with Gasteiger partial charge in [0, 0.05) is 38.2 Å². The zero-order valence-electron chi connectivity index (χ0n) is 44.3. The summed E-state index contributed by atoms with van der Waals surface area (Å²) in [5, 5.41) is 32.7. The van der Waals surface area contributed by atoms with E-state index in [0.717, 1.165) is 6.07 Å². The second kappa shape index (κ2) is 20.6. The predicted molar refractivity (Wildman–Crippen MR) is 324 cm³/mol. The number of benzene rings is 10. The molecule has 0 bridgehead atoms. The van der Waals surface area contributed by atoms with Crippen LogP contribution in [-0.4, -0.2) is 9.13 Å². The molecule has 0 saturated carbocycles. The standard InChI is InChI=1S/C71H32F3N11/c1-40-9-8-10-59(71(72,73)74)68(40)58-27-28-63(84-64-32-43(50-25-17-48(78-2)31-47(50)39-77)13-21-54(64)55-22-14-44(33-65(55)84)51-19-11-41(37-75)29-60(51)80-4)69(83-7)70(58)85-66-34-45(52-20-12-42(38-76)30-61(52)81-5)15-23-56(66)57-24-16-46(35-67(57)85)53-26-18-49(79-3)36-62(53)82-6/h8-36H,1H3. The number of halogens is 3. The molecule has 0 radical (unpaired) electrons. The van der Waals surface area contributed by atoms with Crippen molar-refractivity contribution < 1.29 is 13.2 Å². The monoisotopic (exact) mass is 1100 g/mol. The van der Waals surface area contributed by atoms with Gasteiger partial charge in [0.25, 0.3) is 0 Å². The molecule has 0 N–H and O–H groups in total. The number of hydrogen-bond donors (Lipinski definition) is 0. The SMILES string of the molecule is [C-]#[N+]c1ccc(-c2ccc3c4ccc(-c5ccc(C#N)cc5[N+]#[C-])cc4n(-c4ccc(-c5c(C)cccc5C(F)(F)F)c(-n5c6cc(-c7ccc(C#N)cc7[N+]#[C-])ccc6c6ccc(-c7ccc([N+]#[C-])cc7[N+]#[C-])cc65)c4[N+]#[C-])c3c2)c(C#N)c1. The van der Waals surface area contributed by atoms with Crippen molar-refractivity contribution in [2.45, 2.75) is 13.1 Å². The number of fused-ring (bicyclic) bond motifs is 6. The van der Waals surface area contributed by atoms with Gasteiger partial charge in [-0.05, 0) is 135 Å². The van der Waals surface area contributed by atoms with Gasteiger partial charge in [-0.1, -0.05) is 109 Å². The van der Waals surface area contributed by atoms with E-state index in [1.165, 1.54) is 30.3 Å². The molecule has 0 aliphatic rings. The summed E-state index contributed by atoms with van der Waals surface area (Å²) in [5.74, 6) is 0. The van der Waals surface area contributed by atoms with Gasteiger partial charge < -0.3 is 9.13 Å². The minimum atomic E-state index is -4.89. The fourth-order valence-corrected chi connectivity index (χ4v) is 11.5. The Kier molecular flexibility index (Phi) is 12.8. The van der Waals surface area contributed by atoms with Crippen LogP contribution >= 0.6 is 0 Å². The van der Waals surface area contributed by atoms with Crippen molar-refractivity contribution in [3.8, 4) is 85.2 Å². The highest BCUT2D eigenvalue weighted by Crippen LogP contribution is 2.51. The van der Waals surface area contributed by atoms with Crippen molar-refractivity contribution in [3.05, 3.63) is 272 Å². The van der Waals surface area contributed by atoms with Crippen molar-refractivity contribution in [1.29, 1.82) is 15.8 Å².